The van der Waals surface area contributed by atoms with Gasteiger partial charge in [0.05, 0.1) is 11.5 Å². The van der Waals surface area contributed by atoms with Gasteiger partial charge in [-0.25, -0.2) is 0 Å². The fraction of sp³-hybridized carbons (Fsp3) is 0.250. The normalized spacial score (nSPS) is 10.1. The number of non-ortho nitro benzene ring substituents is 1. The molecule has 2 aromatic carbocycles. The summed E-state index contributed by atoms with van der Waals surface area (Å²) in [6.45, 7) is 4.28. The summed E-state index contributed by atoms with van der Waals surface area (Å²) in [7, 11) is 0. The van der Waals surface area contributed by atoms with Crippen LogP contribution in [0.4, 0.5) is 11.4 Å². The van der Waals surface area contributed by atoms with Crippen LogP contribution in [0.5, 0.6) is 5.75 Å². The molecule has 5 nitrogen and oxygen atoms in total. The maximum Gasteiger partial charge on any atom is 0.269 e. The smallest absolute Gasteiger partial charge is 0.269 e. The molecule has 0 saturated heterocycles. The van der Waals surface area contributed by atoms with Crippen molar-refractivity contribution < 1.29 is 9.66 Å². The van der Waals surface area contributed by atoms with Gasteiger partial charge in [-0.15, -0.1) is 0 Å². The van der Waals surface area contributed by atoms with E-state index in [1.165, 1.54) is 12.1 Å². The number of ether oxygens (including phenoxy) is 1. The maximum absolute atomic E-state index is 10.6. The molecule has 0 radical (unpaired) electrons. The largest absolute Gasteiger partial charge is 0.492 e. The van der Waals surface area contributed by atoms with Crippen LogP contribution in [0.1, 0.15) is 6.92 Å². The van der Waals surface area contributed by atoms with Gasteiger partial charge in [-0.1, -0.05) is 18.2 Å². The van der Waals surface area contributed by atoms with Gasteiger partial charge in [0, 0.05) is 24.4 Å². The van der Waals surface area contributed by atoms with Crippen molar-refractivity contribution in [1.82, 2.24) is 0 Å². The SMILES string of the molecule is CCN(CCOc1ccc([N+](=O)[O-])cc1)c1ccccc1. The number of nitrogens with zero attached hydrogens (tertiary/aromatic N) is 2. The molecule has 0 unspecified atom stereocenters. The molecular weight excluding hydrogens is 268 g/mol. The predicted molar refractivity (Wildman–Crippen MR) is 82.9 cm³/mol. The van der Waals surface area contributed by atoms with E-state index in [1.54, 1.807) is 12.1 Å². The molecule has 0 atom stereocenters. The van der Waals surface area contributed by atoms with Gasteiger partial charge in [0.1, 0.15) is 12.4 Å². The quantitative estimate of drug-likeness (QED) is 0.577. The van der Waals surface area contributed by atoms with Crippen molar-refractivity contribution in [2.24, 2.45) is 0 Å². The molecular formula is C16H18N2O3. The second-order valence-electron chi connectivity index (χ2n) is 4.51. The first kappa shape index (κ1) is 14.8. The maximum atomic E-state index is 10.6. The molecule has 2 rings (SSSR count). The van der Waals surface area contributed by atoms with Crippen LogP contribution in [-0.2, 0) is 0 Å². The van der Waals surface area contributed by atoms with Crippen molar-refractivity contribution >= 4 is 11.4 Å². The summed E-state index contributed by atoms with van der Waals surface area (Å²) in [5, 5.41) is 10.6. The Hall–Kier alpha value is -2.56. The van der Waals surface area contributed by atoms with E-state index in [2.05, 4.69) is 24.0 Å². The fourth-order valence-electron chi connectivity index (χ4n) is 2.05. The zero-order valence-electron chi connectivity index (χ0n) is 11.9. The molecule has 21 heavy (non-hydrogen) atoms. The van der Waals surface area contributed by atoms with Crippen LogP contribution < -0.4 is 9.64 Å². The zero-order valence-corrected chi connectivity index (χ0v) is 11.9. The number of likely N-dealkylation sites (N-methyl/N-ethyl adjacent to an activating group) is 1. The molecule has 0 aliphatic heterocycles. The fourth-order valence-corrected chi connectivity index (χ4v) is 2.05. The summed E-state index contributed by atoms with van der Waals surface area (Å²) in [6.07, 6.45) is 0. The minimum absolute atomic E-state index is 0.0711. The second-order valence-corrected chi connectivity index (χ2v) is 4.51. The standard InChI is InChI=1S/C16H18N2O3/c1-2-17(14-6-4-3-5-7-14)12-13-21-16-10-8-15(9-11-16)18(19)20/h3-11H,2,12-13H2,1H3. The highest BCUT2D eigenvalue weighted by Crippen LogP contribution is 2.18. The van der Waals surface area contributed by atoms with Crippen LogP contribution in [-0.4, -0.2) is 24.6 Å². The number of nitro benzene ring substituents is 1. The Bertz CT molecular complexity index is 570. The Morgan fingerprint density at radius 2 is 1.76 bits per heavy atom. The van der Waals surface area contributed by atoms with Gasteiger partial charge >= 0.3 is 0 Å². The van der Waals surface area contributed by atoms with Crippen molar-refractivity contribution in [2.45, 2.75) is 6.92 Å². The van der Waals surface area contributed by atoms with Crippen LogP contribution in [0, 0.1) is 10.1 Å². The topological polar surface area (TPSA) is 55.6 Å². The molecule has 110 valence electrons. The zero-order chi connectivity index (χ0) is 15.1. The Balaban J connectivity index is 1.87. The first-order valence-corrected chi connectivity index (χ1v) is 6.88. The Morgan fingerprint density at radius 1 is 1.10 bits per heavy atom. The molecule has 0 saturated carbocycles. The third-order valence-corrected chi connectivity index (χ3v) is 3.18. The third-order valence-electron chi connectivity index (χ3n) is 3.18. The van der Waals surface area contributed by atoms with E-state index in [0.717, 1.165) is 18.8 Å². The van der Waals surface area contributed by atoms with Crippen LogP contribution in [0.2, 0.25) is 0 Å². The summed E-state index contributed by atoms with van der Waals surface area (Å²) >= 11 is 0. The van der Waals surface area contributed by atoms with Crippen molar-refractivity contribution in [3.8, 4) is 5.75 Å². The highest BCUT2D eigenvalue weighted by atomic mass is 16.6. The van der Waals surface area contributed by atoms with E-state index in [-0.39, 0.29) is 5.69 Å². The van der Waals surface area contributed by atoms with Crippen molar-refractivity contribution in [2.75, 3.05) is 24.6 Å². The third kappa shape index (κ3) is 4.21. The summed E-state index contributed by atoms with van der Waals surface area (Å²) in [5.41, 5.74) is 1.23. The van der Waals surface area contributed by atoms with Crippen molar-refractivity contribution in [1.29, 1.82) is 0 Å². The average molecular weight is 286 g/mol. The molecule has 2 aromatic rings. The number of hydrogen-bond donors (Lipinski definition) is 0. The molecule has 5 heteroatoms. The Kier molecular flexibility index (Phi) is 5.15. The van der Waals surface area contributed by atoms with Gasteiger partial charge < -0.3 is 9.64 Å². The van der Waals surface area contributed by atoms with E-state index in [4.69, 9.17) is 4.74 Å². The monoisotopic (exact) mass is 286 g/mol. The minimum Gasteiger partial charge on any atom is -0.492 e. The lowest BCUT2D eigenvalue weighted by Crippen LogP contribution is -2.27. The number of rotatable bonds is 7. The first-order valence-electron chi connectivity index (χ1n) is 6.88. The molecule has 0 aromatic heterocycles. The number of anilines is 1. The summed E-state index contributed by atoms with van der Waals surface area (Å²) in [6, 6.07) is 16.3. The minimum atomic E-state index is -0.419. The number of para-hydroxylation sites is 1. The van der Waals surface area contributed by atoms with E-state index < -0.39 is 4.92 Å². The number of nitro groups is 1. The first-order chi connectivity index (χ1) is 10.2. The van der Waals surface area contributed by atoms with Crippen LogP contribution in [0.3, 0.4) is 0 Å². The highest BCUT2D eigenvalue weighted by Gasteiger charge is 2.06. The average Bonchev–Trinajstić information content (AvgIpc) is 2.53. The van der Waals surface area contributed by atoms with Crippen LogP contribution in [0.15, 0.2) is 54.6 Å². The van der Waals surface area contributed by atoms with E-state index in [9.17, 15) is 10.1 Å². The molecule has 0 spiro atoms. The van der Waals surface area contributed by atoms with Crippen LogP contribution >= 0.6 is 0 Å². The van der Waals surface area contributed by atoms with Crippen molar-refractivity contribution in [3.63, 3.8) is 0 Å². The Morgan fingerprint density at radius 3 is 2.33 bits per heavy atom. The van der Waals surface area contributed by atoms with Gasteiger partial charge in [0.2, 0.25) is 0 Å². The molecule has 0 fully saturated rings. The lowest BCUT2D eigenvalue weighted by molar-refractivity contribution is -0.384. The molecule has 0 aliphatic rings. The summed E-state index contributed by atoms with van der Waals surface area (Å²) in [5.74, 6) is 0.643. The second kappa shape index (κ2) is 7.28. The van der Waals surface area contributed by atoms with E-state index in [1.807, 2.05) is 18.2 Å². The van der Waals surface area contributed by atoms with Gasteiger partial charge in [-0.3, -0.25) is 10.1 Å². The Labute approximate surface area is 123 Å². The van der Waals surface area contributed by atoms with E-state index >= 15 is 0 Å². The summed E-state index contributed by atoms with van der Waals surface area (Å²) < 4.78 is 5.63. The van der Waals surface area contributed by atoms with Crippen LogP contribution in [0.25, 0.3) is 0 Å². The van der Waals surface area contributed by atoms with Gasteiger partial charge in [0.15, 0.2) is 0 Å². The molecule has 0 amide bonds. The highest BCUT2D eigenvalue weighted by molar-refractivity contribution is 5.45. The molecule has 0 aliphatic carbocycles. The lowest BCUT2D eigenvalue weighted by atomic mass is 10.3. The molecule has 0 bridgehead atoms. The molecule has 0 heterocycles. The number of hydrogen-bond acceptors (Lipinski definition) is 4. The molecule has 0 N–H and O–H groups in total. The van der Waals surface area contributed by atoms with Gasteiger partial charge in [-0.2, -0.15) is 0 Å². The lowest BCUT2D eigenvalue weighted by Gasteiger charge is -2.23. The van der Waals surface area contributed by atoms with Gasteiger partial charge in [-0.05, 0) is 31.2 Å². The van der Waals surface area contributed by atoms with E-state index in [0.29, 0.717) is 12.4 Å². The van der Waals surface area contributed by atoms with Gasteiger partial charge in [0.25, 0.3) is 5.69 Å². The predicted octanol–water partition coefficient (Wildman–Crippen LogP) is 3.50. The number of benzene rings is 2. The van der Waals surface area contributed by atoms with Crippen molar-refractivity contribution in [3.05, 3.63) is 64.7 Å². The summed E-state index contributed by atoms with van der Waals surface area (Å²) in [4.78, 5) is 12.4.